The van der Waals surface area contributed by atoms with Crippen LogP contribution in [0.15, 0.2) is 48.8 Å². The minimum Gasteiger partial charge on any atom is -0.326 e. The first-order chi connectivity index (χ1) is 10.0. The second kappa shape index (κ2) is 6.79. The van der Waals surface area contributed by atoms with Crippen molar-refractivity contribution < 1.29 is 14.2 Å². The zero-order valence-electron chi connectivity index (χ0n) is 12.3. The summed E-state index contributed by atoms with van der Waals surface area (Å²) in [5, 5.41) is 2.81. The van der Waals surface area contributed by atoms with E-state index in [1.807, 2.05) is 36.0 Å². The maximum atomic E-state index is 11.9. The fraction of sp³-hybridized carbons (Fsp3) is 0.235. The van der Waals surface area contributed by atoms with Crippen LogP contribution in [0.2, 0.25) is 0 Å². The summed E-state index contributed by atoms with van der Waals surface area (Å²) in [6.45, 7) is 4.16. The Kier molecular flexibility index (Phi) is 4.82. The fourth-order valence-corrected chi connectivity index (χ4v) is 1.95. The second-order valence-electron chi connectivity index (χ2n) is 5.05. The van der Waals surface area contributed by atoms with Crippen LogP contribution in [-0.4, -0.2) is 11.7 Å². The lowest BCUT2D eigenvalue weighted by Crippen LogP contribution is -2.34. The molecule has 0 fully saturated rings. The molecule has 0 aliphatic heterocycles. The van der Waals surface area contributed by atoms with Crippen LogP contribution in [0.5, 0.6) is 0 Å². The van der Waals surface area contributed by atoms with E-state index in [2.05, 4.69) is 5.32 Å². The largest absolute Gasteiger partial charge is 0.326 e. The van der Waals surface area contributed by atoms with Crippen molar-refractivity contribution in [3.8, 4) is 0 Å². The minimum absolute atomic E-state index is 0.0127. The third-order valence-electron chi connectivity index (χ3n) is 3.21. The van der Waals surface area contributed by atoms with Crippen molar-refractivity contribution >= 4 is 17.4 Å². The Morgan fingerprint density at radius 1 is 1.14 bits per heavy atom. The van der Waals surface area contributed by atoms with Gasteiger partial charge in [0, 0.05) is 23.4 Å². The molecule has 1 heterocycles. The maximum absolute atomic E-state index is 11.9. The molecule has 0 radical (unpaired) electrons. The molecule has 1 amide bonds. The smallest absolute Gasteiger partial charge is 0.230 e. The van der Waals surface area contributed by atoms with E-state index in [0.717, 1.165) is 0 Å². The number of aryl methyl sites for hydroxylation is 2. The molecular weight excluding hydrogens is 264 g/mol. The average molecular weight is 283 g/mol. The van der Waals surface area contributed by atoms with Crippen molar-refractivity contribution in [1.29, 1.82) is 0 Å². The molecule has 4 nitrogen and oxygen atoms in total. The summed E-state index contributed by atoms with van der Waals surface area (Å²) in [4.78, 5) is 23.2. The second-order valence-corrected chi connectivity index (χ2v) is 5.05. The molecule has 0 aliphatic carbocycles. The summed E-state index contributed by atoms with van der Waals surface area (Å²) >= 11 is 0. The quantitative estimate of drug-likeness (QED) is 0.677. The highest BCUT2D eigenvalue weighted by molar-refractivity contribution is 5.97. The number of benzene rings is 1. The summed E-state index contributed by atoms with van der Waals surface area (Å²) in [6, 6.07) is 11.0. The highest BCUT2D eigenvalue weighted by Gasteiger charge is 2.08. The molecule has 108 valence electrons. The predicted molar refractivity (Wildman–Crippen MR) is 81.1 cm³/mol. The number of anilines is 1. The summed E-state index contributed by atoms with van der Waals surface area (Å²) in [7, 11) is 0. The highest BCUT2D eigenvalue weighted by atomic mass is 16.1. The predicted octanol–water partition coefficient (Wildman–Crippen LogP) is 2.51. The van der Waals surface area contributed by atoms with E-state index in [1.165, 1.54) is 12.5 Å². The van der Waals surface area contributed by atoms with Crippen molar-refractivity contribution in [1.82, 2.24) is 0 Å². The van der Waals surface area contributed by atoms with Crippen molar-refractivity contribution in [2.75, 3.05) is 5.32 Å². The van der Waals surface area contributed by atoms with E-state index in [9.17, 15) is 9.59 Å². The molecule has 0 unspecified atom stereocenters. The normalized spacial score (nSPS) is 10.2. The SMILES string of the molecule is CC(=O)c1cccc(NC(=O)CC[n+]2ccc(C)cc2)c1. The van der Waals surface area contributed by atoms with Crippen molar-refractivity contribution in [3.05, 3.63) is 59.9 Å². The molecule has 1 N–H and O–H groups in total. The van der Waals surface area contributed by atoms with Crippen molar-refractivity contribution in [3.63, 3.8) is 0 Å². The zero-order valence-corrected chi connectivity index (χ0v) is 12.3. The van der Waals surface area contributed by atoms with Gasteiger partial charge in [0.15, 0.2) is 24.7 Å². The number of aromatic nitrogens is 1. The van der Waals surface area contributed by atoms with Gasteiger partial charge >= 0.3 is 0 Å². The van der Waals surface area contributed by atoms with E-state index in [4.69, 9.17) is 0 Å². The number of pyridine rings is 1. The van der Waals surface area contributed by atoms with Gasteiger partial charge in [-0.3, -0.25) is 9.59 Å². The summed E-state index contributed by atoms with van der Waals surface area (Å²) in [6.07, 6.45) is 4.30. The van der Waals surface area contributed by atoms with Crippen LogP contribution in [0.3, 0.4) is 0 Å². The van der Waals surface area contributed by atoms with Crippen LogP contribution >= 0.6 is 0 Å². The number of ketones is 1. The van der Waals surface area contributed by atoms with E-state index in [-0.39, 0.29) is 11.7 Å². The number of hydrogen-bond acceptors (Lipinski definition) is 2. The number of carbonyl (C=O) groups excluding carboxylic acids is 2. The van der Waals surface area contributed by atoms with Gasteiger partial charge in [-0.15, -0.1) is 0 Å². The Morgan fingerprint density at radius 2 is 1.86 bits per heavy atom. The van der Waals surface area contributed by atoms with Crippen LogP contribution in [0.25, 0.3) is 0 Å². The number of nitrogens with zero attached hydrogens (tertiary/aromatic N) is 1. The number of carbonyl (C=O) groups is 2. The molecule has 1 aromatic carbocycles. The van der Waals surface area contributed by atoms with Gasteiger partial charge in [0.1, 0.15) is 0 Å². The van der Waals surface area contributed by atoms with Gasteiger partial charge < -0.3 is 5.32 Å². The Hall–Kier alpha value is -2.49. The molecule has 0 spiro atoms. The summed E-state index contributed by atoms with van der Waals surface area (Å²) in [5.74, 6) is -0.0786. The third kappa shape index (κ3) is 4.53. The summed E-state index contributed by atoms with van der Waals surface area (Å²) < 4.78 is 1.97. The van der Waals surface area contributed by atoms with Gasteiger partial charge in [-0.1, -0.05) is 12.1 Å². The third-order valence-corrected chi connectivity index (χ3v) is 3.21. The lowest BCUT2D eigenvalue weighted by atomic mass is 10.1. The molecule has 1 aromatic heterocycles. The molecular formula is C17H19N2O2+. The molecule has 2 rings (SSSR count). The van der Waals surface area contributed by atoms with Crippen LogP contribution in [0, 0.1) is 6.92 Å². The van der Waals surface area contributed by atoms with Crippen LogP contribution in [0.1, 0.15) is 29.3 Å². The molecule has 0 atom stereocenters. The lowest BCUT2D eigenvalue weighted by Gasteiger charge is -2.05. The number of Topliss-reactive ketones (excluding diaryl/α,β-unsaturated/α-hetero) is 1. The van der Waals surface area contributed by atoms with E-state index >= 15 is 0 Å². The first-order valence-electron chi connectivity index (χ1n) is 6.91. The monoisotopic (exact) mass is 283 g/mol. The molecule has 0 saturated heterocycles. The van der Waals surface area contributed by atoms with Gasteiger partial charge in [-0.2, -0.15) is 0 Å². The average Bonchev–Trinajstić information content (AvgIpc) is 2.47. The first-order valence-corrected chi connectivity index (χ1v) is 6.91. The Bertz CT molecular complexity index is 648. The van der Waals surface area contributed by atoms with Crippen LogP contribution in [0.4, 0.5) is 5.69 Å². The number of rotatable bonds is 5. The standard InChI is InChI=1S/C17H18N2O2/c1-13-6-9-19(10-7-13)11-8-17(21)18-16-5-3-4-15(12-16)14(2)20/h3-7,9-10,12H,8,11H2,1-2H3/p+1. The number of amides is 1. The highest BCUT2D eigenvalue weighted by Crippen LogP contribution is 2.11. The van der Waals surface area contributed by atoms with Crippen LogP contribution < -0.4 is 9.88 Å². The molecule has 2 aromatic rings. The van der Waals surface area contributed by atoms with Gasteiger partial charge in [0.2, 0.25) is 5.91 Å². The molecule has 0 saturated carbocycles. The number of hydrogen-bond donors (Lipinski definition) is 1. The van der Waals surface area contributed by atoms with Gasteiger partial charge in [0.25, 0.3) is 0 Å². The van der Waals surface area contributed by atoms with Gasteiger partial charge in [0.05, 0.1) is 6.42 Å². The molecule has 4 heteroatoms. The van der Waals surface area contributed by atoms with E-state index < -0.39 is 0 Å². The van der Waals surface area contributed by atoms with Crippen molar-refractivity contribution in [2.24, 2.45) is 0 Å². The Balaban J connectivity index is 1.91. The fourth-order valence-electron chi connectivity index (χ4n) is 1.95. The van der Waals surface area contributed by atoms with Gasteiger partial charge in [-0.25, -0.2) is 4.57 Å². The maximum Gasteiger partial charge on any atom is 0.230 e. The topological polar surface area (TPSA) is 50.1 Å². The minimum atomic E-state index is -0.0659. The zero-order chi connectivity index (χ0) is 15.2. The molecule has 0 bridgehead atoms. The Labute approximate surface area is 124 Å². The van der Waals surface area contributed by atoms with Crippen LogP contribution in [-0.2, 0) is 11.3 Å². The van der Waals surface area contributed by atoms with E-state index in [0.29, 0.717) is 24.2 Å². The van der Waals surface area contributed by atoms with E-state index in [1.54, 1.807) is 24.3 Å². The first kappa shape index (κ1) is 14.9. The van der Waals surface area contributed by atoms with Crippen molar-refractivity contribution in [2.45, 2.75) is 26.8 Å². The Morgan fingerprint density at radius 3 is 2.52 bits per heavy atom. The lowest BCUT2D eigenvalue weighted by molar-refractivity contribution is -0.695. The van der Waals surface area contributed by atoms with Gasteiger partial charge in [-0.05, 0) is 31.5 Å². The molecule has 0 aliphatic rings. The molecule has 21 heavy (non-hydrogen) atoms. The number of nitrogens with one attached hydrogen (secondary N) is 1. The summed E-state index contributed by atoms with van der Waals surface area (Å²) in [5.41, 5.74) is 2.44.